The molecule has 20 heavy (non-hydrogen) atoms. The molecule has 5 heteroatoms. The first-order chi connectivity index (χ1) is 9.54. The van der Waals surface area contributed by atoms with E-state index in [2.05, 4.69) is 17.2 Å². The molecule has 0 spiro atoms. The smallest absolute Gasteiger partial charge is 0.303 e. The molecule has 1 unspecified atom stereocenters. The molecule has 0 heterocycles. The van der Waals surface area contributed by atoms with Gasteiger partial charge in [0.05, 0.1) is 0 Å². The van der Waals surface area contributed by atoms with E-state index in [9.17, 15) is 14.0 Å². The van der Waals surface area contributed by atoms with Crippen LogP contribution in [0.25, 0.3) is 0 Å². The van der Waals surface area contributed by atoms with Crippen molar-refractivity contribution >= 4 is 11.9 Å². The second-order valence-electron chi connectivity index (χ2n) is 5.12. The molecular weight excluding hydrogens is 261 g/mol. The molecule has 0 aromatic rings. The predicted molar refractivity (Wildman–Crippen MR) is 73.8 cm³/mol. The molecule has 0 bridgehead atoms. The SMILES string of the molecule is O=C(O)CCCCCNC(=O)C1(F)C#CCCCCC1. The monoisotopic (exact) mass is 283 g/mol. The lowest BCUT2D eigenvalue weighted by molar-refractivity contribution is -0.137. The maximum absolute atomic E-state index is 14.4. The molecule has 0 radical (unpaired) electrons. The van der Waals surface area contributed by atoms with Gasteiger partial charge in [0, 0.05) is 25.8 Å². The molecule has 0 aliphatic heterocycles. The van der Waals surface area contributed by atoms with Gasteiger partial charge in [0.2, 0.25) is 5.67 Å². The highest BCUT2D eigenvalue weighted by Crippen LogP contribution is 2.22. The summed E-state index contributed by atoms with van der Waals surface area (Å²) < 4.78 is 14.4. The largest absolute Gasteiger partial charge is 0.481 e. The lowest BCUT2D eigenvalue weighted by atomic mass is 9.94. The van der Waals surface area contributed by atoms with Crippen LogP contribution in [-0.4, -0.2) is 29.2 Å². The highest BCUT2D eigenvalue weighted by atomic mass is 19.1. The number of hydrogen-bond acceptors (Lipinski definition) is 2. The van der Waals surface area contributed by atoms with Crippen molar-refractivity contribution in [1.29, 1.82) is 0 Å². The van der Waals surface area contributed by atoms with Crippen molar-refractivity contribution in [3.05, 3.63) is 0 Å². The third-order valence-electron chi connectivity index (χ3n) is 3.32. The van der Waals surface area contributed by atoms with Crippen molar-refractivity contribution in [2.24, 2.45) is 0 Å². The summed E-state index contributed by atoms with van der Waals surface area (Å²) in [5, 5.41) is 11.0. The number of carboxylic acid groups (broad SMARTS) is 1. The normalized spacial score (nSPS) is 22.1. The summed E-state index contributed by atoms with van der Waals surface area (Å²) in [7, 11) is 0. The van der Waals surface area contributed by atoms with E-state index in [0.29, 0.717) is 38.6 Å². The van der Waals surface area contributed by atoms with Gasteiger partial charge in [0.25, 0.3) is 5.91 Å². The minimum atomic E-state index is -2.05. The molecule has 0 aromatic carbocycles. The van der Waals surface area contributed by atoms with Crippen LogP contribution in [0.2, 0.25) is 0 Å². The third kappa shape index (κ3) is 6.05. The van der Waals surface area contributed by atoms with Gasteiger partial charge in [0.1, 0.15) is 0 Å². The first kappa shape index (κ1) is 16.5. The zero-order chi connectivity index (χ0) is 14.8. The fourth-order valence-corrected chi connectivity index (χ4v) is 2.11. The number of carbonyl (C=O) groups is 2. The number of aliphatic carboxylic acids is 1. The van der Waals surface area contributed by atoms with E-state index in [1.807, 2.05) is 0 Å². The Labute approximate surface area is 119 Å². The molecule has 1 amide bonds. The molecular formula is C15H22FNO3. The molecule has 1 aliphatic rings. The van der Waals surface area contributed by atoms with Gasteiger partial charge in [0.15, 0.2) is 0 Å². The molecule has 4 nitrogen and oxygen atoms in total. The van der Waals surface area contributed by atoms with Crippen molar-refractivity contribution in [2.45, 2.75) is 63.5 Å². The number of halogens is 1. The summed E-state index contributed by atoms with van der Waals surface area (Å²) in [6, 6.07) is 0. The third-order valence-corrected chi connectivity index (χ3v) is 3.32. The van der Waals surface area contributed by atoms with E-state index >= 15 is 0 Å². The molecule has 2 N–H and O–H groups in total. The molecule has 112 valence electrons. The van der Waals surface area contributed by atoms with Crippen molar-refractivity contribution in [3.63, 3.8) is 0 Å². The van der Waals surface area contributed by atoms with Crippen LogP contribution in [-0.2, 0) is 9.59 Å². The van der Waals surface area contributed by atoms with Crippen molar-refractivity contribution in [2.75, 3.05) is 6.54 Å². The van der Waals surface area contributed by atoms with Crippen molar-refractivity contribution in [3.8, 4) is 11.8 Å². The first-order valence-electron chi connectivity index (χ1n) is 7.24. The van der Waals surface area contributed by atoms with E-state index in [1.165, 1.54) is 0 Å². The minimum Gasteiger partial charge on any atom is -0.481 e. The summed E-state index contributed by atoms with van der Waals surface area (Å²) in [4.78, 5) is 22.2. The minimum absolute atomic E-state index is 0.131. The van der Waals surface area contributed by atoms with Crippen LogP contribution in [0, 0.1) is 11.8 Å². The van der Waals surface area contributed by atoms with Crippen LogP contribution in [0.15, 0.2) is 0 Å². The quantitative estimate of drug-likeness (QED) is 0.557. The van der Waals surface area contributed by atoms with Gasteiger partial charge < -0.3 is 10.4 Å². The fraction of sp³-hybridized carbons (Fsp3) is 0.733. The van der Waals surface area contributed by atoms with Crippen LogP contribution >= 0.6 is 0 Å². The zero-order valence-electron chi connectivity index (χ0n) is 11.7. The summed E-state index contributed by atoms with van der Waals surface area (Å²) in [6.45, 7) is 0.367. The van der Waals surface area contributed by atoms with Crippen LogP contribution in [0.1, 0.15) is 57.8 Å². The van der Waals surface area contributed by atoms with E-state index in [-0.39, 0.29) is 12.8 Å². The fourth-order valence-electron chi connectivity index (χ4n) is 2.11. The Morgan fingerprint density at radius 1 is 1.20 bits per heavy atom. The van der Waals surface area contributed by atoms with E-state index < -0.39 is 17.5 Å². The number of carboxylic acids is 1. The maximum Gasteiger partial charge on any atom is 0.303 e. The van der Waals surface area contributed by atoms with Crippen molar-refractivity contribution in [1.82, 2.24) is 5.32 Å². The number of unbranched alkanes of at least 4 members (excludes halogenated alkanes) is 2. The Hall–Kier alpha value is -1.57. The average molecular weight is 283 g/mol. The number of hydrogen-bond donors (Lipinski definition) is 2. The van der Waals surface area contributed by atoms with Gasteiger partial charge in [-0.3, -0.25) is 9.59 Å². The molecule has 0 saturated heterocycles. The van der Waals surface area contributed by atoms with Gasteiger partial charge >= 0.3 is 5.97 Å². The predicted octanol–water partition coefficient (Wildman–Crippen LogP) is 2.42. The van der Waals surface area contributed by atoms with E-state index in [0.717, 1.165) is 12.8 Å². The van der Waals surface area contributed by atoms with Crippen LogP contribution in [0.3, 0.4) is 0 Å². The molecule has 1 rings (SSSR count). The lowest BCUT2D eigenvalue weighted by Crippen LogP contribution is -2.43. The second kappa shape index (κ2) is 8.57. The highest BCUT2D eigenvalue weighted by Gasteiger charge is 2.36. The maximum atomic E-state index is 14.4. The van der Waals surface area contributed by atoms with Crippen LogP contribution in [0.4, 0.5) is 4.39 Å². The standard InChI is InChI=1S/C15H22FNO3/c16-15(10-6-2-1-3-7-11-15)14(20)17-12-8-4-5-9-13(18)19/h1-6,8-10,12H2,(H,17,20)(H,18,19). The van der Waals surface area contributed by atoms with Crippen LogP contribution in [0.5, 0.6) is 0 Å². The number of nitrogens with one attached hydrogen (secondary N) is 1. The highest BCUT2D eigenvalue weighted by molar-refractivity contribution is 5.88. The van der Waals surface area contributed by atoms with Gasteiger partial charge in [-0.05, 0) is 25.7 Å². The van der Waals surface area contributed by atoms with E-state index in [4.69, 9.17) is 5.11 Å². The Bertz CT molecular complexity index is 400. The Morgan fingerprint density at radius 3 is 2.75 bits per heavy atom. The summed E-state index contributed by atoms with van der Waals surface area (Å²) in [6.07, 6.45) is 5.42. The van der Waals surface area contributed by atoms with Gasteiger partial charge in [-0.15, -0.1) is 0 Å². The van der Waals surface area contributed by atoms with Gasteiger partial charge in [-0.1, -0.05) is 24.7 Å². The molecule has 0 saturated carbocycles. The molecule has 1 aliphatic carbocycles. The van der Waals surface area contributed by atoms with Gasteiger partial charge in [-0.2, -0.15) is 0 Å². The number of rotatable bonds is 7. The second-order valence-corrected chi connectivity index (χ2v) is 5.12. The number of carbonyl (C=O) groups excluding carboxylic acids is 1. The van der Waals surface area contributed by atoms with E-state index in [1.54, 1.807) is 0 Å². The lowest BCUT2D eigenvalue weighted by Gasteiger charge is -2.20. The first-order valence-corrected chi connectivity index (χ1v) is 7.24. The zero-order valence-corrected chi connectivity index (χ0v) is 11.7. The Morgan fingerprint density at radius 2 is 2.00 bits per heavy atom. The summed E-state index contributed by atoms with van der Waals surface area (Å²) in [5.41, 5.74) is -2.05. The number of amides is 1. The van der Waals surface area contributed by atoms with Crippen molar-refractivity contribution < 1.29 is 19.1 Å². The summed E-state index contributed by atoms with van der Waals surface area (Å²) >= 11 is 0. The molecule has 1 atom stereocenters. The Balaban J connectivity index is 2.28. The Kier molecular flexibility index (Phi) is 7.06. The van der Waals surface area contributed by atoms with Crippen LogP contribution < -0.4 is 5.32 Å². The molecule has 0 aromatic heterocycles. The van der Waals surface area contributed by atoms with Gasteiger partial charge in [-0.25, -0.2) is 4.39 Å². The average Bonchev–Trinajstić information content (AvgIpc) is 2.37. The summed E-state index contributed by atoms with van der Waals surface area (Å²) in [5.74, 6) is 3.72. The molecule has 0 fully saturated rings. The topological polar surface area (TPSA) is 66.4 Å². The number of alkyl halides is 1.